The van der Waals surface area contributed by atoms with Gasteiger partial charge in [0.25, 0.3) is 0 Å². The first-order valence-corrected chi connectivity index (χ1v) is 8.27. The monoisotopic (exact) mass is 332 g/mol. The molecule has 1 aromatic heterocycles. The Morgan fingerprint density at radius 1 is 1.26 bits per heavy atom. The van der Waals surface area contributed by atoms with E-state index in [1.54, 1.807) is 12.5 Å². The fourth-order valence-corrected chi connectivity index (χ4v) is 3.18. The Balaban J connectivity index is 1.54. The van der Waals surface area contributed by atoms with Crippen molar-refractivity contribution in [2.75, 3.05) is 31.1 Å². The maximum absolute atomic E-state index is 12.5. The quantitative estimate of drug-likeness (QED) is 0.864. The molecule has 0 aliphatic carbocycles. The molecular weight excluding hydrogens is 312 g/mol. The predicted octanol–water partition coefficient (Wildman–Crippen LogP) is 2.84. The van der Waals surface area contributed by atoms with E-state index in [0.29, 0.717) is 6.42 Å². The van der Waals surface area contributed by atoms with Crippen molar-refractivity contribution in [3.8, 4) is 0 Å². The zero-order valence-electron chi connectivity index (χ0n) is 13.2. The molecule has 1 atom stereocenters. The first-order valence-electron chi connectivity index (χ1n) is 7.90. The molecule has 2 aromatic rings. The fourth-order valence-electron chi connectivity index (χ4n) is 2.92. The Labute approximate surface area is 141 Å². The number of imidazole rings is 1. The third kappa shape index (κ3) is 3.67. The van der Waals surface area contributed by atoms with Crippen LogP contribution in [0.15, 0.2) is 43.0 Å². The highest BCUT2D eigenvalue weighted by molar-refractivity contribution is 6.33. The van der Waals surface area contributed by atoms with Gasteiger partial charge in [-0.1, -0.05) is 23.7 Å². The van der Waals surface area contributed by atoms with Gasteiger partial charge in [-0.05, 0) is 19.1 Å². The van der Waals surface area contributed by atoms with Gasteiger partial charge in [0.15, 0.2) is 0 Å². The smallest absolute Gasteiger partial charge is 0.224 e. The Bertz CT molecular complexity index is 650. The zero-order chi connectivity index (χ0) is 16.2. The average Bonchev–Trinajstić information content (AvgIpc) is 3.10. The van der Waals surface area contributed by atoms with Crippen LogP contribution in [0.4, 0.5) is 5.69 Å². The summed E-state index contributed by atoms with van der Waals surface area (Å²) < 4.78 is 1.97. The van der Waals surface area contributed by atoms with Crippen LogP contribution < -0.4 is 4.90 Å². The molecule has 1 saturated heterocycles. The summed E-state index contributed by atoms with van der Waals surface area (Å²) in [7, 11) is 0. The summed E-state index contributed by atoms with van der Waals surface area (Å²) in [5.41, 5.74) is 1.05. The van der Waals surface area contributed by atoms with Crippen LogP contribution in [-0.4, -0.2) is 46.5 Å². The van der Waals surface area contributed by atoms with Crippen molar-refractivity contribution in [1.82, 2.24) is 14.5 Å². The van der Waals surface area contributed by atoms with Crippen LogP contribution >= 0.6 is 11.6 Å². The van der Waals surface area contributed by atoms with E-state index in [-0.39, 0.29) is 11.9 Å². The van der Waals surface area contributed by atoms with Gasteiger partial charge in [0.2, 0.25) is 5.91 Å². The van der Waals surface area contributed by atoms with Gasteiger partial charge in [-0.3, -0.25) is 4.79 Å². The van der Waals surface area contributed by atoms with Crippen molar-refractivity contribution in [2.24, 2.45) is 0 Å². The number of hydrogen-bond donors (Lipinski definition) is 0. The molecule has 5 nitrogen and oxygen atoms in total. The number of carbonyl (C=O) groups excluding carboxylic acids is 1. The fraction of sp³-hybridized carbons (Fsp3) is 0.412. The lowest BCUT2D eigenvalue weighted by molar-refractivity contribution is -0.132. The largest absolute Gasteiger partial charge is 0.367 e. The van der Waals surface area contributed by atoms with Crippen molar-refractivity contribution in [3.05, 3.63) is 48.0 Å². The van der Waals surface area contributed by atoms with Crippen LogP contribution in [-0.2, 0) is 4.79 Å². The third-order valence-corrected chi connectivity index (χ3v) is 4.65. The molecule has 23 heavy (non-hydrogen) atoms. The SMILES string of the molecule is C[C@H](CC(=O)N1CCN(c2ccccc2Cl)CC1)n1ccnc1. The van der Waals surface area contributed by atoms with Crippen molar-refractivity contribution in [1.29, 1.82) is 0 Å². The van der Waals surface area contributed by atoms with Gasteiger partial charge in [-0.2, -0.15) is 0 Å². The number of nitrogens with zero attached hydrogens (tertiary/aromatic N) is 4. The summed E-state index contributed by atoms with van der Waals surface area (Å²) in [6, 6.07) is 7.99. The van der Waals surface area contributed by atoms with Gasteiger partial charge in [0.05, 0.1) is 17.0 Å². The minimum Gasteiger partial charge on any atom is -0.367 e. The predicted molar refractivity (Wildman–Crippen MR) is 91.8 cm³/mol. The summed E-state index contributed by atoms with van der Waals surface area (Å²) >= 11 is 6.25. The summed E-state index contributed by atoms with van der Waals surface area (Å²) in [5, 5.41) is 0.765. The lowest BCUT2D eigenvalue weighted by Crippen LogP contribution is -2.49. The van der Waals surface area contributed by atoms with Crippen molar-refractivity contribution >= 4 is 23.2 Å². The molecule has 0 spiro atoms. The van der Waals surface area contributed by atoms with E-state index in [0.717, 1.165) is 36.9 Å². The summed E-state index contributed by atoms with van der Waals surface area (Å²) in [6.45, 7) is 5.14. The number of anilines is 1. The van der Waals surface area contributed by atoms with E-state index in [1.807, 2.05) is 46.9 Å². The summed E-state index contributed by atoms with van der Waals surface area (Å²) in [5.74, 6) is 0.199. The van der Waals surface area contributed by atoms with E-state index in [2.05, 4.69) is 9.88 Å². The summed E-state index contributed by atoms with van der Waals surface area (Å²) in [4.78, 5) is 20.7. The van der Waals surface area contributed by atoms with Gasteiger partial charge in [-0.15, -0.1) is 0 Å². The number of amides is 1. The van der Waals surface area contributed by atoms with E-state index >= 15 is 0 Å². The summed E-state index contributed by atoms with van der Waals surface area (Å²) in [6.07, 6.45) is 5.90. The Morgan fingerprint density at radius 3 is 2.65 bits per heavy atom. The second-order valence-corrected chi connectivity index (χ2v) is 6.29. The van der Waals surface area contributed by atoms with Crippen molar-refractivity contribution in [2.45, 2.75) is 19.4 Å². The number of rotatable bonds is 4. The molecule has 0 saturated carbocycles. The number of hydrogen-bond acceptors (Lipinski definition) is 3. The number of halogens is 1. The molecule has 1 aliphatic heterocycles. The van der Waals surface area contributed by atoms with Crippen LogP contribution in [0.2, 0.25) is 5.02 Å². The zero-order valence-corrected chi connectivity index (χ0v) is 14.0. The molecule has 0 unspecified atom stereocenters. The van der Waals surface area contributed by atoms with E-state index < -0.39 is 0 Å². The molecular formula is C17H21ClN4O. The van der Waals surface area contributed by atoms with Gasteiger partial charge in [0.1, 0.15) is 0 Å². The van der Waals surface area contributed by atoms with Crippen molar-refractivity contribution in [3.63, 3.8) is 0 Å². The van der Waals surface area contributed by atoms with Gasteiger partial charge < -0.3 is 14.4 Å². The molecule has 1 amide bonds. The molecule has 3 rings (SSSR count). The molecule has 0 bridgehead atoms. The standard InChI is InChI=1S/C17H21ClN4O/c1-14(22-7-6-19-13-22)12-17(23)21-10-8-20(9-11-21)16-5-3-2-4-15(16)18/h2-7,13-14H,8-12H2,1H3/t14-/m1/s1. The number of carbonyl (C=O) groups is 1. The Kier molecular flexibility index (Phi) is 4.86. The number of benzene rings is 1. The number of piperazine rings is 1. The molecule has 2 heterocycles. The molecule has 122 valence electrons. The third-order valence-electron chi connectivity index (χ3n) is 4.33. The van der Waals surface area contributed by atoms with Gasteiger partial charge in [0, 0.05) is 51.0 Å². The van der Waals surface area contributed by atoms with Crippen molar-refractivity contribution < 1.29 is 4.79 Å². The lowest BCUT2D eigenvalue weighted by Gasteiger charge is -2.37. The molecule has 1 aliphatic rings. The molecule has 1 aromatic carbocycles. The topological polar surface area (TPSA) is 41.4 Å². The molecule has 1 fully saturated rings. The van der Waals surface area contributed by atoms with Crippen LogP contribution in [0.1, 0.15) is 19.4 Å². The first kappa shape index (κ1) is 15.9. The van der Waals surface area contributed by atoms with Gasteiger partial charge in [-0.25, -0.2) is 4.98 Å². The second-order valence-electron chi connectivity index (χ2n) is 5.88. The van der Waals surface area contributed by atoms with Gasteiger partial charge >= 0.3 is 0 Å². The Hall–Kier alpha value is -2.01. The molecule has 6 heteroatoms. The van der Waals surface area contributed by atoms with Crippen LogP contribution in [0.3, 0.4) is 0 Å². The number of aromatic nitrogens is 2. The maximum Gasteiger partial charge on any atom is 0.224 e. The highest BCUT2D eigenvalue weighted by atomic mass is 35.5. The lowest BCUT2D eigenvalue weighted by atomic mass is 10.2. The van der Waals surface area contributed by atoms with E-state index in [4.69, 9.17) is 11.6 Å². The van der Waals surface area contributed by atoms with E-state index in [1.165, 1.54) is 0 Å². The van der Waals surface area contributed by atoms with Crippen LogP contribution in [0, 0.1) is 0 Å². The minimum atomic E-state index is 0.131. The molecule has 0 radical (unpaired) electrons. The van der Waals surface area contributed by atoms with E-state index in [9.17, 15) is 4.79 Å². The highest BCUT2D eigenvalue weighted by Gasteiger charge is 2.23. The maximum atomic E-state index is 12.5. The van der Waals surface area contributed by atoms with Crippen LogP contribution in [0.25, 0.3) is 0 Å². The number of para-hydroxylation sites is 1. The highest BCUT2D eigenvalue weighted by Crippen LogP contribution is 2.26. The second kappa shape index (κ2) is 7.04. The van der Waals surface area contributed by atoms with Crippen LogP contribution in [0.5, 0.6) is 0 Å². The molecule has 0 N–H and O–H groups in total. The Morgan fingerprint density at radius 2 is 2.00 bits per heavy atom. The average molecular weight is 333 g/mol. The first-order chi connectivity index (χ1) is 11.1. The minimum absolute atomic E-state index is 0.131. The normalized spacial score (nSPS) is 16.4.